The third kappa shape index (κ3) is 10.2. The van der Waals surface area contributed by atoms with Crippen molar-refractivity contribution in [3.05, 3.63) is 434 Å². The Kier molecular flexibility index (Phi) is 14.9. The van der Waals surface area contributed by atoms with Crippen LogP contribution in [-0.2, 0) is 16.2 Å². The summed E-state index contributed by atoms with van der Waals surface area (Å²) >= 11 is 0. The zero-order valence-corrected chi connectivity index (χ0v) is 74.2. The monoisotopic (exact) mass is 1700 g/mol. The van der Waals surface area contributed by atoms with E-state index >= 15 is 0 Å². The molecule has 0 N–H and O–H groups in total. The van der Waals surface area contributed by atoms with Crippen molar-refractivity contribution in [2.45, 2.75) is 57.8 Å². The molecule has 7 aromatic heterocycles. The summed E-state index contributed by atoms with van der Waals surface area (Å²) in [5, 5.41) is 26.2. The molecule has 0 amide bonds. The number of hydrogen-bond donors (Lipinski definition) is 0. The third-order valence-electron chi connectivity index (χ3n) is 30.9. The number of aromatic nitrogens is 8. The minimum Gasteiger partial charge on any atom is -0.309 e. The van der Waals surface area contributed by atoms with Gasteiger partial charge >= 0.3 is 0 Å². The van der Waals surface area contributed by atoms with Crippen LogP contribution in [0.5, 0.6) is 0 Å². The number of hydrogen-bond acceptors (Lipinski definition) is 2. The molecule has 0 aliphatic heterocycles. The molecule has 3 aliphatic rings. The van der Waals surface area contributed by atoms with Crippen molar-refractivity contribution in [3.8, 4) is 101 Å². The molecule has 624 valence electrons. The van der Waals surface area contributed by atoms with Gasteiger partial charge in [-0.2, -0.15) is 0 Å². The fraction of sp³-hybridized carbons (Fsp3) is 0.0720. The van der Waals surface area contributed by atoms with Crippen LogP contribution in [0, 0.1) is 0 Å². The highest BCUT2D eigenvalue weighted by Crippen LogP contribution is 2.55. The zero-order chi connectivity index (χ0) is 87.9. The summed E-state index contributed by atoms with van der Waals surface area (Å²) in [5.41, 5.74) is 42.1. The second-order valence-corrected chi connectivity index (χ2v) is 38.8. The molecule has 0 unspecified atom stereocenters. The van der Waals surface area contributed by atoms with Gasteiger partial charge in [-0.1, -0.05) is 296 Å². The minimum absolute atomic E-state index is 0.145. The van der Waals surface area contributed by atoms with Crippen LogP contribution >= 0.6 is 0 Å². The zero-order valence-electron chi connectivity index (χ0n) is 74.2. The van der Waals surface area contributed by atoms with Crippen LogP contribution in [0.25, 0.3) is 243 Å². The van der Waals surface area contributed by atoms with Crippen molar-refractivity contribution < 1.29 is 0 Å². The standard InChI is InChI=1S/C125H84N8/c1-123(2)102-34-16-7-25-83(102)86-56-49-80(70-105(86)123)129-109-37-19-10-28-89(109)95-53-43-76(66-118(95)129)73-46-60-115-98(63-73)92-31-13-22-40-112(92)128(115)79-52-59-108-101(69-79)121(132-113-41-23-14-32-93(113)99-64-74(47-61-116(99)132)77-44-54-96-90-29-11-20-38-110(90)130(119(96)67-77)81-50-57-87-84-26-8-17-35-103(84)124(3,4)106(87)71-81)122(127-126-108)133-114-42-24-15-33-94(114)100-65-75(48-62-117(100)133)78-45-55-97-91-30-12-21-39-111(91)131(120(97)68-78)82-51-58-88-85-27-9-18-36-104(85)125(5,6)107(88)72-82/h7-72H,1-6H3. The summed E-state index contributed by atoms with van der Waals surface area (Å²) in [6.07, 6.45) is 0. The van der Waals surface area contributed by atoms with Crippen LogP contribution in [-0.4, -0.2) is 37.6 Å². The number of benzene rings is 19. The Morgan fingerprint density at radius 2 is 0.421 bits per heavy atom. The molecule has 8 heteroatoms. The lowest BCUT2D eigenvalue weighted by Crippen LogP contribution is -2.15. The highest BCUT2D eigenvalue weighted by molar-refractivity contribution is 6.19. The lowest BCUT2D eigenvalue weighted by atomic mass is 9.82. The van der Waals surface area contributed by atoms with E-state index < -0.39 is 0 Å². The van der Waals surface area contributed by atoms with Gasteiger partial charge in [0, 0.05) is 109 Å². The molecule has 0 spiro atoms. The van der Waals surface area contributed by atoms with Gasteiger partial charge in [-0.05, 0) is 246 Å². The van der Waals surface area contributed by atoms with Gasteiger partial charge in [-0.15, -0.1) is 10.2 Å². The topological polar surface area (TPSA) is 55.4 Å². The average molecular weight is 1700 g/mol. The molecule has 0 saturated carbocycles. The number of para-hydroxylation sites is 6. The van der Waals surface area contributed by atoms with Crippen LogP contribution in [0.15, 0.2) is 400 Å². The van der Waals surface area contributed by atoms with Crippen LogP contribution in [0.4, 0.5) is 0 Å². The normalized spacial score (nSPS) is 14.0. The van der Waals surface area contributed by atoms with Crippen molar-refractivity contribution in [1.29, 1.82) is 0 Å². The Hall–Kier alpha value is -16.7. The highest BCUT2D eigenvalue weighted by Gasteiger charge is 2.40. The summed E-state index contributed by atoms with van der Waals surface area (Å²) in [5.74, 6) is 0.715. The quantitative estimate of drug-likeness (QED) is 0.145. The molecule has 29 rings (SSSR count). The van der Waals surface area contributed by atoms with Gasteiger partial charge in [-0.3, -0.25) is 4.57 Å². The van der Waals surface area contributed by atoms with Crippen molar-refractivity contribution in [2.75, 3.05) is 0 Å². The van der Waals surface area contributed by atoms with Gasteiger partial charge in [0.05, 0.1) is 71.7 Å². The first kappa shape index (κ1) is 74.3. The summed E-state index contributed by atoms with van der Waals surface area (Å²) in [4.78, 5) is 0. The van der Waals surface area contributed by atoms with Crippen molar-refractivity contribution in [2.24, 2.45) is 0 Å². The molecule has 0 fully saturated rings. The molecule has 7 heterocycles. The van der Waals surface area contributed by atoms with Crippen molar-refractivity contribution in [1.82, 2.24) is 37.6 Å². The van der Waals surface area contributed by atoms with Gasteiger partial charge in [0.15, 0.2) is 5.82 Å². The molecule has 0 radical (unpaired) electrons. The minimum atomic E-state index is -0.158. The first-order valence-electron chi connectivity index (χ1n) is 46.5. The van der Waals surface area contributed by atoms with Crippen LogP contribution < -0.4 is 0 Å². The largest absolute Gasteiger partial charge is 0.309 e. The van der Waals surface area contributed by atoms with E-state index in [-0.39, 0.29) is 16.2 Å². The van der Waals surface area contributed by atoms with E-state index in [1.165, 1.54) is 137 Å². The van der Waals surface area contributed by atoms with Crippen molar-refractivity contribution >= 4 is 142 Å². The molecule has 0 saturated heterocycles. The molecule has 26 aromatic rings. The first-order valence-corrected chi connectivity index (χ1v) is 46.5. The number of nitrogens with zero attached hydrogens (tertiary/aromatic N) is 8. The molecule has 3 aliphatic carbocycles. The number of rotatable bonds is 9. The lowest BCUT2D eigenvalue weighted by Gasteiger charge is -2.22. The van der Waals surface area contributed by atoms with E-state index in [0.29, 0.717) is 5.82 Å². The SMILES string of the molecule is CC1(C)c2ccccc2-c2ccc(-n3c4ccccc4c4ccc(-c5ccc6c(c5)c5ccccc5n6-c5ccc6nnc(-n7c8ccccc8c8cc(-c9ccc%10c%11ccccc%11n(-c%11ccc%12c(c%11)C(C)(C)c%11ccccc%11-%12)c%10c9)ccc87)c(-n7c8ccccc8c8cc(-c9ccc%10c%11ccccc%11n(-c%11ccc%12c(c%11)C(C)(C)c%11ccccc%11-%12)c%10c9)ccc87)c6c5)cc43)cc21. The van der Waals surface area contributed by atoms with Gasteiger partial charge in [-0.25, -0.2) is 0 Å². The molecular formula is C125H84N8. The molecule has 133 heavy (non-hydrogen) atoms. The molecule has 0 bridgehead atoms. The van der Waals surface area contributed by atoms with E-state index in [1.54, 1.807) is 0 Å². The fourth-order valence-corrected chi connectivity index (χ4v) is 24.6. The predicted molar refractivity (Wildman–Crippen MR) is 555 cm³/mol. The molecule has 8 nitrogen and oxygen atoms in total. The maximum absolute atomic E-state index is 5.61. The van der Waals surface area contributed by atoms with Gasteiger partial charge in [0.25, 0.3) is 0 Å². The summed E-state index contributed by atoms with van der Waals surface area (Å²) in [6, 6.07) is 151. The maximum Gasteiger partial charge on any atom is 0.185 e. The Labute approximate surface area is 766 Å². The Morgan fingerprint density at radius 3 is 0.797 bits per heavy atom. The van der Waals surface area contributed by atoms with Gasteiger partial charge in [0.1, 0.15) is 5.69 Å². The van der Waals surface area contributed by atoms with Gasteiger partial charge in [0.2, 0.25) is 0 Å². The third-order valence-corrected chi connectivity index (χ3v) is 30.9. The molecular weight excluding hydrogens is 1610 g/mol. The smallest absolute Gasteiger partial charge is 0.185 e. The van der Waals surface area contributed by atoms with Gasteiger partial charge < -0.3 is 22.8 Å². The maximum atomic E-state index is 5.61. The Balaban J connectivity index is 0.618. The lowest BCUT2D eigenvalue weighted by molar-refractivity contribution is 0.660. The highest BCUT2D eigenvalue weighted by atomic mass is 15.2. The van der Waals surface area contributed by atoms with E-state index in [1.807, 2.05) is 0 Å². The second-order valence-electron chi connectivity index (χ2n) is 38.8. The van der Waals surface area contributed by atoms with E-state index in [2.05, 4.69) is 469 Å². The Morgan fingerprint density at radius 1 is 0.165 bits per heavy atom. The number of fused-ring (bicyclic) bond motifs is 28. The van der Waals surface area contributed by atoms with Crippen molar-refractivity contribution in [3.63, 3.8) is 0 Å². The second kappa shape index (κ2) is 26.8. The summed E-state index contributed by atoms with van der Waals surface area (Å²) in [7, 11) is 0. The molecule has 19 aromatic carbocycles. The van der Waals surface area contributed by atoms with Crippen LogP contribution in [0.3, 0.4) is 0 Å². The van der Waals surface area contributed by atoms with Crippen LogP contribution in [0.2, 0.25) is 0 Å². The Bertz CT molecular complexity index is 9710. The van der Waals surface area contributed by atoms with Crippen LogP contribution in [0.1, 0.15) is 74.9 Å². The average Bonchev–Trinajstić information content (AvgIpc) is 1.56. The van der Waals surface area contributed by atoms with E-state index in [9.17, 15) is 0 Å². The predicted octanol–water partition coefficient (Wildman–Crippen LogP) is 32.1. The fourth-order valence-electron chi connectivity index (χ4n) is 24.6. The van der Waals surface area contributed by atoms with E-state index in [4.69, 9.17) is 10.2 Å². The van der Waals surface area contributed by atoms with E-state index in [0.717, 1.165) is 133 Å². The molecule has 0 atom stereocenters. The summed E-state index contributed by atoms with van der Waals surface area (Å²) in [6.45, 7) is 14.2. The summed E-state index contributed by atoms with van der Waals surface area (Å²) < 4.78 is 14.8. The first-order chi connectivity index (χ1) is 65.2.